The van der Waals surface area contributed by atoms with E-state index in [0.717, 1.165) is 0 Å². The molecule has 20 heavy (non-hydrogen) atoms. The number of nitrogens with one attached hydrogen (secondary N) is 1. The van der Waals surface area contributed by atoms with Crippen LogP contribution in [0, 0.1) is 0 Å². The zero-order valence-corrected chi connectivity index (χ0v) is 12.3. The van der Waals surface area contributed by atoms with Crippen molar-refractivity contribution in [2.75, 3.05) is 0 Å². The maximum absolute atomic E-state index is 3.81. The van der Waals surface area contributed by atoms with Crippen molar-refractivity contribution in [1.82, 2.24) is 5.32 Å². The van der Waals surface area contributed by atoms with Gasteiger partial charge in [-0.05, 0) is 42.4 Å². The third kappa shape index (κ3) is 2.64. The molecule has 1 aliphatic carbocycles. The molecular weight excluding hydrogens is 242 g/mol. The molecule has 1 nitrogen and oxygen atoms in total. The first-order valence-corrected chi connectivity index (χ1v) is 7.65. The van der Waals surface area contributed by atoms with Crippen LogP contribution in [0.25, 0.3) is 0 Å². The summed E-state index contributed by atoms with van der Waals surface area (Å²) in [5.41, 5.74) is 4.38. The molecule has 0 radical (unpaired) electrons. The van der Waals surface area contributed by atoms with Gasteiger partial charge in [0.1, 0.15) is 0 Å². The van der Waals surface area contributed by atoms with Gasteiger partial charge in [-0.3, -0.25) is 0 Å². The van der Waals surface area contributed by atoms with E-state index in [0.29, 0.717) is 18.0 Å². The Balaban J connectivity index is 1.81. The monoisotopic (exact) mass is 265 g/mol. The molecule has 3 rings (SSSR count). The molecular formula is C19H23N. The van der Waals surface area contributed by atoms with Gasteiger partial charge >= 0.3 is 0 Å². The minimum atomic E-state index is 0.391. The molecule has 0 saturated carbocycles. The molecule has 2 aromatic carbocycles. The summed E-state index contributed by atoms with van der Waals surface area (Å²) < 4.78 is 0. The molecule has 104 valence electrons. The second-order valence-corrected chi connectivity index (χ2v) is 5.96. The zero-order valence-electron chi connectivity index (χ0n) is 12.3. The predicted molar refractivity (Wildman–Crippen MR) is 84.8 cm³/mol. The first-order valence-electron chi connectivity index (χ1n) is 7.65. The highest BCUT2D eigenvalue weighted by molar-refractivity contribution is 5.35. The van der Waals surface area contributed by atoms with E-state index >= 15 is 0 Å². The lowest BCUT2D eigenvalue weighted by molar-refractivity contribution is 0.396. The highest BCUT2D eigenvalue weighted by atomic mass is 14.9. The second-order valence-electron chi connectivity index (χ2n) is 5.96. The molecule has 0 saturated heterocycles. The molecule has 3 unspecified atom stereocenters. The van der Waals surface area contributed by atoms with Crippen molar-refractivity contribution in [3.05, 3.63) is 71.3 Å². The van der Waals surface area contributed by atoms with Crippen LogP contribution in [0.3, 0.4) is 0 Å². The van der Waals surface area contributed by atoms with E-state index in [4.69, 9.17) is 0 Å². The van der Waals surface area contributed by atoms with Crippen LogP contribution >= 0.6 is 0 Å². The van der Waals surface area contributed by atoms with Crippen molar-refractivity contribution in [1.29, 1.82) is 0 Å². The molecule has 0 heterocycles. The smallest absolute Gasteiger partial charge is 0.0328 e. The van der Waals surface area contributed by atoms with Gasteiger partial charge in [0.15, 0.2) is 0 Å². The van der Waals surface area contributed by atoms with Crippen LogP contribution < -0.4 is 5.32 Å². The lowest BCUT2D eigenvalue weighted by atomic mass is 9.81. The van der Waals surface area contributed by atoms with Crippen molar-refractivity contribution in [2.24, 2.45) is 0 Å². The number of hydrogen-bond acceptors (Lipinski definition) is 1. The average molecular weight is 265 g/mol. The Bertz CT molecular complexity index is 561. The summed E-state index contributed by atoms with van der Waals surface area (Å²) in [6.07, 6.45) is 2.51. The van der Waals surface area contributed by atoms with Crippen molar-refractivity contribution < 1.29 is 0 Å². The molecule has 0 aromatic heterocycles. The van der Waals surface area contributed by atoms with Gasteiger partial charge in [0, 0.05) is 12.1 Å². The van der Waals surface area contributed by atoms with Gasteiger partial charge in [-0.15, -0.1) is 0 Å². The standard InChI is InChI=1S/C19H23N/c1-14-12-13-19(18-11-7-6-10-17(14)18)20-15(2)16-8-4-3-5-9-16/h3-11,14-15,19-20H,12-13H2,1-2H3. The van der Waals surface area contributed by atoms with Gasteiger partial charge < -0.3 is 5.32 Å². The van der Waals surface area contributed by atoms with Crippen LogP contribution in [-0.2, 0) is 0 Å². The summed E-state index contributed by atoms with van der Waals surface area (Å²) in [5, 5.41) is 3.81. The fourth-order valence-electron chi connectivity index (χ4n) is 3.32. The van der Waals surface area contributed by atoms with Crippen LogP contribution in [0.15, 0.2) is 54.6 Å². The minimum Gasteiger partial charge on any atom is -0.303 e. The van der Waals surface area contributed by atoms with Gasteiger partial charge in [0.25, 0.3) is 0 Å². The SMILES string of the molecule is CC1CCC(NC(C)c2ccccc2)c2ccccc21. The first kappa shape index (κ1) is 13.4. The van der Waals surface area contributed by atoms with Crippen LogP contribution in [-0.4, -0.2) is 0 Å². The van der Waals surface area contributed by atoms with Crippen LogP contribution in [0.5, 0.6) is 0 Å². The first-order chi connectivity index (χ1) is 9.75. The fourth-order valence-corrected chi connectivity index (χ4v) is 3.32. The van der Waals surface area contributed by atoms with E-state index < -0.39 is 0 Å². The van der Waals surface area contributed by atoms with Gasteiger partial charge in [0.05, 0.1) is 0 Å². The predicted octanol–water partition coefficient (Wildman–Crippen LogP) is 4.98. The van der Waals surface area contributed by atoms with E-state index in [1.807, 2.05) is 0 Å². The number of hydrogen-bond donors (Lipinski definition) is 1. The van der Waals surface area contributed by atoms with Gasteiger partial charge in [-0.25, -0.2) is 0 Å². The maximum atomic E-state index is 3.81. The summed E-state index contributed by atoms with van der Waals surface area (Å²) >= 11 is 0. The van der Waals surface area contributed by atoms with Crippen LogP contribution in [0.1, 0.15) is 61.4 Å². The summed E-state index contributed by atoms with van der Waals surface area (Å²) in [7, 11) is 0. The van der Waals surface area contributed by atoms with Crippen LogP contribution in [0.4, 0.5) is 0 Å². The largest absolute Gasteiger partial charge is 0.303 e. The number of rotatable bonds is 3. The van der Waals surface area contributed by atoms with Gasteiger partial charge in [-0.1, -0.05) is 61.5 Å². The van der Waals surface area contributed by atoms with Crippen molar-refractivity contribution >= 4 is 0 Å². The molecule has 3 atom stereocenters. The average Bonchev–Trinajstić information content (AvgIpc) is 2.51. The molecule has 0 amide bonds. The lowest BCUT2D eigenvalue weighted by Crippen LogP contribution is -2.28. The number of benzene rings is 2. The second kappa shape index (κ2) is 5.80. The Kier molecular flexibility index (Phi) is 3.88. The van der Waals surface area contributed by atoms with E-state index in [1.165, 1.54) is 29.5 Å². The highest BCUT2D eigenvalue weighted by Crippen LogP contribution is 2.38. The maximum Gasteiger partial charge on any atom is 0.0328 e. The van der Waals surface area contributed by atoms with E-state index in [2.05, 4.69) is 73.8 Å². The topological polar surface area (TPSA) is 12.0 Å². The van der Waals surface area contributed by atoms with Crippen LogP contribution in [0.2, 0.25) is 0 Å². The fraction of sp³-hybridized carbons (Fsp3) is 0.368. The summed E-state index contributed by atoms with van der Waals surface area (Å²) in [6, 6.07) is 20.5. The Hall–Kier alpha value is -1.60. The van der Waals surface area contributed by atoms with E-state index in [-0.39, 0.29) is 0 Å². The quantitative estimate of drug-likeness (QED) is 0.825. The van der Waals surface area contributed by atoms with Gasteiger partial charge in [0.2, 0.25) is 0 Å². The zero-order chi connectivity index (χ0) is 13.9. The molecule has 1 aliphatic rings. The summed E-state index contributed by atoms with van der Waals surface area (Å²) in [5.74, 6) is 0.691. The molecule has 0 aliphatic heterocycles. The number of fused-ring (bicyclic) bond motifs is 1. The molecule has 0 spiro atoms. The Morgan fingerprint density at radius 3 is 2.30 bits per heavy atom. The summed E-state index contributed by atoms with van der Waals surface area (Å²) in [6.45, 7) is 4.60. The lowest BCUT2D eigenvalue weighted by Gasteiger charge is -2.32. The van der Waals surface area contributed by atoms with E-state index in [9.17, 15) is 0 Å². The molecule has 1 heteroatoms. The Labute approximate surface area is 122 Å². The summed E-state index contributed by atoms with van der Waals surface area (Å²) in [4.78, 5) is 0. The molecule has 0 fully saturated rings. The molecule has 2 aromatic rings. The minimum absolute atomic E-state index is 0.391. The van der Waals surface area contributed by atoms with Crippen molar-refractivity contribution in [3.8, 4) is 0 Å². The molecule has 0 bridgehead atoms. The third-order valence-electron chi connectivity index (χ3n) is 4.54. The Morgan fingerprint density at radius 1 is 0.900 bits per heavy atom. The van der Waals surface area contributed by atoms with E-state index in [1.54, 1.807) is 0 Å². The van der Waals surface area contributed by atoms with Crippen molar-refractivity contribution in [2.45, 2.75) is 44.7 Å². The molecule has 1 N–H and O–H groups in total. The Morgan fingerprint density at radius 2 is 1.55 bits per heavy atom. The van der Waals surface area contributed by atoms with Crippen molar-refractivity contribution in [3.63, 3.8) is 0 Å². The highest BCUT2D eigenvalue weighted by Gasteiger charge is 2.25. The van der Waals surface area contributed by atoms with Gasteiger partial charge in [-0.2, -0.15) is 0 Å². The normalized spacial score (nSPS) is 23.1. The third-order valence-corrected chi connectivity index (χ3v) is 4.54.